The second-order valence-corrected chi connectivity index (χ2v) is 7.25. The van der Waals surface area contributed by atoms with Crippen LogP contribution in [0.2, 0.25) is 0 Å². The van der Waals surface area contributed by atoms with Crippen molar-refractivity contribution in [3.05, 3.63) is 88.3 Å². The summed E-state index contributed by atoms with van der Waals surface area (Å²) in [5, 5.41) is 21.3. The van der Waals surface area contributed by atoms with Crippen LogP contribution in [0.4, 0.5) is 4.79 Å². The van der Waals surface area contributed by atoms with Crippen molar-refractivity contribution in [1.29, 1.82) is 0 Å². The summed E-state index contributed by atoms with van der Waals surface area (Å²) in [4.78, 5) is 35.2. The Balaban J connectivity index is 1.44. The number of nitrogens with zero attached hydrogens (tertiary/aromatic N) is 1. The van der Waals surface area contributed by atoms with Crippen LogP contribution in [0.3, 0.4) is 0 Å². The van der Waals surface area contributed by atoms with Gasteiger partial charge >= 0.3 is 12.1 Å². The van der Waals surface area contributed by atoms with Crippen molar-refractivity contribution in [3.63, 3.8) is 0 Å². The van der Waals surface area contributed by atoms with Gasteiger partial charge in [0.25, 0.3) is 0 Å². The molecule has 4 rings (SSSR count). The number of pyridine rings is 1. The van der Waals surface area contributed by atoms with Gasteiger partial charge in [-0.1, -0.05) is 48.5 Å². The molecule has 0 saturated heterocycles. The van der Waals surface area contributed by atoms with Gasteiger partial charge in [-0.05, 0) is 22.3 Å². The number of benzene rings is 2. The summed E-state index contributed by atoms with van der Waals surface area (Å²) >= 11 is 0. The molecular formula is C23H20N2O6. The van der Waals surface area contributed by atoms with E-state index in [4.69, 9.17) is 4.74 Å². The summed E-state index contributed by atoms with van der Waals surface area (Å²) in [5.74, 6) is -1.92. The smallest absolute Gasteiger partial charge is 0.407 e. The number of hydrogen-bond acceptors (Lipinski definition) is 5. The lowest BCUT2D eigenvalue weighted by atomic mass is 9.98. The molecule has 3 aromatic rings. The fourth-order valence-electron chi connectivity index (χ4n) is 3.80. The summed E-state index contributed by atoms with van der Waals surface area (Å²) in [6.45, 7) is -0.127. The van der Waals surface area contributed by atoms with Crippen LogP contribution in [0.5, 0.6) is 5.75 Å². The van der Waals surface area contributed by atoms with Gasteiger partial charge in [0.15, 0.2) is 5.75 Å². The number of aromatic nitrogens is 1. The van der Waals surface area contributed by atoms with Crippen LogP contribution in [0.25, 0.3) is 11.1 Å². The van der Waals surface area contributed by atoms with E-state index in [2.05, 4.69) is 5.32 Å². The van der Waals surface area contributed by atoms with E-state index in [9.17, 15) is 24.6 Å². The average molecular weight is 420 g/mol. The number of ether oxygens (including phenoxy) is 1. The number of hydrogen-bond donors (Lipinski definition) is 3. The lowest BCUT2D eigenvalue weighted by Gasteiger charge is -2.18. The van der Waals surface area contributed by atoms with Crippen molar-refractivity contribution < 1.29 is 24.5 Å². The molecule has 31 heavy (non-hydrogen) atoms. The zero-order chi connectivity index (χ0) is 22.0. The molecule has 2 aromatic carbocycles. The van der Waals surface area contributed by atoms with E-state index in [1.54, 1.807) is 0 Å². The average Bonchev–Trinajstić information content (AvgIpc) is 3.08. The second kappa shape index (κ2) is 8.35. The van der Waals surface area contributed by atoms with Crippen molar-refractivity contribution in [2.24, 2.45) is 0 Å². The van der Waals surface area contributed by atoms with Gasteiger partial charge in [-0.15, -0.1) is 0 Å². The Bertz CT molecular complexity index is 1160. The highest BCUT2D eigenvalue weighted by Gasteiger charge is 2.29. The zero-order valence-electron chi connectivity index (χ0n) is 16.4. The molecule has 8 nitrogen and oxygen atoms in total. The number of fused-ring (bicyclic) bond motifs is 3. The van der Waals surface area contributed by atoms with Crippen LogP contribution in [-0.4, -0.2) is 39.5 Å². The highest BCUT2D eigenvalue weighted by Crippen LogP contribution is 2.44. The largest absolute Gasteiger partial charge is 0.503 e. The lowest BCUT2D eigenvalue weighted by molar-refractivity contribution is -0.139. The molecule has 158 valence electrons. The third-order valence-electron chi connectivity index (χ3n) is 5.29. The molecule has 1 aromatic heterocycles. The highest BCUT2D eigenvalue weighted by atomic mass is 16.5. The van der Waals surface area contributed by atoms with Crippen LogP contribution in [0.1, 0.15) is 17.0 Å². The predicted octanol–water partition coefficient (Wildman–Crippen LogP) is 2.55. The number of aliphatic carboxylic acids is 1. The number of carboxylic acid groups (broad SMARTS) is 1. The van der Waals surface area contributed by atoms with Crippen molar-refractivity contribution >= 4 is 12.1 Å². The SMILES string of the molecule is O=C(NC(Cn1ccc(=O)c(O)c1)C(=O)O)OCC1c2ccccc2-c2ccccc21. The predicted molar refractivity (Wildman–Crippen MR) is 112 cm³/mol. The molecular weight excluding hydrogens is 400 g/mol. The molecule has 1 unspecified atom stereocenters. The number of rotatable bonds is 6. The maximum Gasteiger partial charge on any atom is 0.407 e. The van der Waals surface area contributed by atoms with Crippen LogP contribution in [0, 0.1) is 0 Å². The minimum Gasteiger partial charge on any atom is -0.503 e. The van der Waals surface area contributed by atoms with E-state index in [1.807, 2.05) is 48.5 Å². The maximum absolute atomic E-state index is 12.3. The van der Waals surface area contributed by atoms with Gasteiger partial charge in [-0.2, -0.15) is 0 Å². The van der Waals surface area contributed by atoms with Gasteiger partial charge in [-0.3, -0.25) is 4.79 Å². The number of carbonyl (C=O) groups is 2. The van der Waals surface area contributed by atoms with Crippen LogP contribution < -0.4 is 10.7 Å². The summed E-state index contributed by atoms with van der Waals surface area (Å²) in [6.07, 6.45) is 1.58. The van der Waals surface area contributed by atoms with Crippen molar-refractivity contribution in [2.75, 3.05) is 6.61 Å². The van der Waals surface area contributed by atoms with E-state index in [1.165, 1.54) is 10.8 Å². The van der Waals surface area contributed by atoms with Gasteiger partial charge < -0.3 is 24.8 Å². The van der Waals surface area contributed by atoms with Gasteiger partial charge in [0.05, 0.1) is 6.54 Å². The van der Waals surface area contributed by atoms with Crippen LogP contribution >= 0.6 is 0 Å². The van der Waals surface area contributed by atoms with E-state index >= 15 is 0 Å². The van der Waals surface area contributed by atoms with E-state index in [0.717, 1.165) is 34.5 Å². The van der Waals surface area contributed by atoms with Crippen LogP contribution in [0.15, 0.2) is 71.8 Å². The Morgan fingerprint density at radius 3 is 2.23 bits per heavy atom. The first-order valence-corrected chi connectivity index (χ1v) is 9.67. The molecule has 0 fully saturated rings. The number of nitrogens with one attached hydrogen (secondary N) is 1. The number of carbonyl (C=O) groups excluding carboxylic acids is 1. The molecule has 0 radical (unpaired) electrons. The quantitative estimate of drug-likeness (QED) is 0.564. The molecule has 1 aliphatic rings. The fourth-order valence-corrected chi connectivity index (χ4v) is 3.80. The molecule has 8 heteroatoms. The van der Waals surface area contributed by atoms with Crippen molar-refractivity contribution in [2.45, 2.75) is 18.5 Å². The summed E-state index contributed by atoms with van der Waals surface area (Å²) < 4.78 is 6.68. The number of amides is 1. The summed E-state index contributed by atoms with van der Waals surface area (Å²) in [6, 6.07) is 15.6. The second-order valence-electron chi connectivity index (χ2n) is 7.25. The molecule has 0 bridgehead atoms. The molecule has 0 saturated carbocycles. The molecule has 0 aliphatic heterocycles. The summed E-state index contributed by atoms with van der Waals surface area (Å²) in [7, 11) is 0. The van der Waals surface area contributed by atoms with E-state index in [0.29, 0.717) is 0 Å². The minimum atomic E-state index is -1.31. The maximum atomic E-state index is 12.3. The Morgan fingerprint density at radius 1 is 1.03 bits per heavy atom. The standard InChI is InChI=1S/C23H20N2O6/c26-20-9-10-25(12-21(20)27)11-19(22(28)29)24-23(30)31-13-18-16-7-3-1-5-14(16)15-6-2-4-8-17(15)18/h1-10,12,18-19,27H,11,13H2,(H,24,30)(H,28,29). The van der Waals surface area contributed by atoms with Gasteiger partial charge in [0, 0.05) is 24.4 Å². The number of carboxylic acids is 1. The van der Waals surface area contributed by atoms with Gasteiger partial charge in [0.2, 0.25) is 5.43 Å². The zero-order valence-corrected chi connectivity index (χ0v) is 16.4. The van der Waals surface area contributed by atoms with Crippen LogP contribution in [-0.2, 0) is 16.1 Å². The Labute approximate surface area is 177 Å². The van der Waals surface area contributed by atoms with Gasteiger partial charge in [-0.25, -0.2) is 9.59 Å². The Kier molecular flexibility index (Phi) is 5.44. The number of aromatic hydroxyl groups is 1. The van der Waals surface area contributed by atoms with E-state index in [-0.39, 0.29) is 19.1 Å². The first kappa shape index (κ1) is 20.2. The fraction of sp³-hybridized carbons (Fsp3) is 0.174. The normalized spacial score (nSPS) is 13.2. The van der Waals surface area contributed by atoms with Gasteiger partial charge in [0.1, 0.15) is 12.6 Å². The molecule has 0 spiro atoms. The Morgan fingerprint density at radius 2 is 1.65 bits per heavy atom. The molecule has 1 aliphatic carbocycles. The topological polar surface area (TPSA) is 118 Å². The first-order valence-electron chi connectivity index (χ1n) is 9.67. The minimum absolute atomic E-state index is 0.0605. The van der Waals surface area contributed by atoms with E-state index < -0.39 is 29.3 Å². The third kappa shape index (κ3) is 4.13. The lowest BCUT2D eigenvalue weighted by Crippen LogP contribution is -2.44. The molecule has 1 atom stereocenters. The molecule has 3 N–H and O–H groups in total. The Hall–Kier alpha value is -4.07. The molecule has 1 amide bonds. The highest BCUT2D eigenvalue weighted by molar-refractivity contribution is 5.81. The monoisotopic (exact) mass is 420 g/mol. The summed E-state index contributed by atoms with van der Waals surface area (Å²) in [5.41, 5.74) is 3.71. The van der Waals surface area contributed by atoms with Crippen molar-refractivity contribution in [3.8, 4) is 16.9 Å². The molecule has 1 heterocycles. The van der Waals surface area contributed by atoms with Crippen molar-refractivity contribution in [1.82, 2.24) is 9.88 Å². The number of alkyl carbamates (subject to hydrolysis) is 1. The first-order chi connectivity index (χ1) is 14.9. The third-order valence-corrected chi connectivity index (χ3v) is 5.29.